The predicted molar refractivity (Wildman–Crippen MR) is 116 cm³/mol. The summed E-state index contributed by atoms with van der Waals surface area (Å²) in [6.07, 6.45) is 1.67. The average molecular weight is 444 g/mol. The fourth-order valence-electron chi connectivity index (χ4n) is 3.11. The van der Waals surface area contributed by atoms with Gasteiger partial charge in [0.1, 0.15) is 0 Å². The van der Waals surface area contributed by atoms with Gasteiger partial charge in [0.15, 0.2) is 5.94 Å². The lowest BCUT2D eigenvalue weighted by Gasteiger charge is -2.28. The Morgan fingerprint density at radius 3 is 2.60 bits per heavy atom. The van der Waals surface area contributed by atoms with E-state index in [2.05, 4.69) is 10.3 Å². The van der Waals surface area contributed by atoms with Crippen LogP contribution in [0, 0.1) is 0 Å². The summed E-state index contributed by atoms with van der Waals surface area (Å²) >= 11 is 6.28. The number of aromatic nitrogens is 1. The van der Waals surface area contributed by atoms with Gasteiger partial charge in [-0.05, 0) is 54.6 Å². The van der Waals surface area contributed by atoms with Gasteiger partial charge in [0.2, 0.25) is 0 Å². The third kappa shape index (κ3) is 4.30. The molecule has 1 aliphatic rings. The highest BCUT2D eigenvalue weighted by Gasteiger charge is 2.26. The molecule has 9 heteroatoms. The van der Waals surface area contributed by atoms with Crippen LogP contribution in [0.4, 0.5) is 11.4 Å². The van der Waals surface area contributed by atoms with E-state index in [1.807, 2.05) is 18.2 Å². The molecule has 0 saturated carbocycles. The van der Waals surface area contributed by atoms with Crippen molar-refractivity contribution in [1.29, 1.82) is 0 Å². The number of amides is 1. The van der Waals surface area contributed by atoms with E-state index < -0.39 is 10.0 Å². The average Bonchev–Trinajstić information content (AvgIpc) is 2.75. The van der Waals surface area contributed by atoms with Gasteiger partial charge in [-0.15, -0.1) is 0 Å². The third-order valence-corrected chi connectivity index (χ3v) is 6.45. The summed E-state index contributed by atoms with van der Waals surface area (Å²) in [5, 5.41) is 3.36. The van der Waals surface area contributed by atoms with Crippen LogP contribution in [0.25, 0.3) is 11.3 Å². The molecule has 1 aromatic heterocycles. The van der Waals surface area contributed by atoms with Crippen LogP contribution in [0.15, 0.2) is 66.9 Å². The van der Waals surface area contributed by atoms with Gasteiger partial charge in [0.25, 0.3) is 15.9 Å². The monoisotopic (exact) mass is 443 g/mol. The smallest absolute Gasteiger partial charge is 0.259 e. The van der Waals surface area contributed by atoms with Crippen LogP contribution in [-0.2, 0) is 14.8 Å². The molecule has 2 aromatic carbocycles. The zero-order valence-electron chi connectivity index (χ0n) is 15.8. The first kappa shape index (κ1) is 20.3. The molecule has 1 N–H and O–H groups in total. The zero-order chi connectivity index (χ0) is 21.1. The Balaban J connectivity index is 1.52. The van der Waals surface area contributed by atoms with Gasteiger partial charge in [-0.1, -0.05) is 17.7 Å². The number of rotatable bonds is 4. The summed E-state index contributed by atoms with van der Waals surface area (Å²) < 4.78 is 30.5. The molecule has 0 aliphatic carbocycles. The first-order valence-electron chi connectivity index (χ1n) is 9.14. The molecule has 4 rings (SSSR count). The largest absolute Gasteiger partial charge is 0.362 e. The van der Waals surface area contributed by atoms with E-state index in [1.165, 1.54) is 4.31 Å². The molecule has 2 heterocycles. The van der Waals surface area contributed by atoms with E-state index in [9.17, 15) is 13.2 Å². The van der Waals surface area contributed by atoms with Crippen LogP contribution in [0.3, 0.4) is 0 Å². The normalized spacial score (nSPS) is 15.6. The fourth-order valence-corrected chi connectivity index (χ4v) is 4.57. The molecular formula is C21H18ClN3O4S. The number of hydrogen-bond acceptors (Lipinski definition) is 5. The number of nitrogens with zero attached hydrogens (tertiary/aromatic N) is 2. The molecule has 0 unspecified atom stereocenters. The van der Waals surface area contributed by atoms with Gasteiger partial charge < -0.3 is 10.1 Å². The van der Waals surface area contributed by atoms with Crippen molar-refractivity contribution in [3.63, 3.8) is 0 Å². The lowest BCUT2D eigenvalue weighted by Crippen LogP contribution is -2.41. The lowest BCUT2D eigenvalue weighted by molar-refractivity contribution is 0.102. The number of halogens is 1. The molecule has 1 saturated heterocycles. The second-order valence-corrected chi connectivity index (χ2v) is 8.87. The van der Waals surface area contributed by atoms with E-state index in [0.717, 1.165) is 0 Å². The second-order valence-electron chi connectivity index (χ2n) is 6.62. The molecule has 154 valence electrons. The number of benzene rings is 2. The molecule has 0 atom stereocenters. The van der Waals surface area contributed by atoms with Crippen molar-refractivity contribution in [2.24, 2.45) is 0 Å². The summed E-state index contributed by atoms with van der Waals surface area (Å²) in [5.74, 6) is -0.662. The van der Waals surface area contributed by atoms with E-state index >= 15 is 0 Å². The zero-order valence-corrected chi connectivity index (χ0v) is 17.4. The first-order chi connectivity index (χ1) is 14.4. The molecular weight excluding hydrogens is 426 g/mol. The molecule has 0 radical (unpaired) electrons. The number of hydrogen-bond donors (Lipinski definition) is 1. The van der Waals surface area contributed by atoms with Gasteiger partial charge in [0.05, 0.1) is 29.6 Å². The Morgan fingerprint density at radius 1 is 1.10 bits per heavy atom. The SMILES string of the molecule is O=C(Nc1ccc(Cl)c(-c2ccccn2)c1)c1ccc(N2CCOCS2(=O)=O)cc1. The Hall–Kier alpha value is -2.94. The van der Waals surface area contributed by atoms with Crippen LogP contribution in [-0.4, -0.2) is 38.4 Å². The number of sulfonamides is 1. The summed E-state index contributed by atoms with van der Waals surface area (Å²) in [5.41, 5.74) is 2.89. The topological polar surface area (TPSA) is 88.6 Å². The lowest BCUT2D eigenvalue weighted by atomic mass is 10.1. The molecule has 1 amide bonds. The summed E-state index contributed by atoms with van der Waals surface area (Å²) in [6, 6.07) is 17.1. The molecule has 0 bridgehead atoms. The van der Waals surface area contributed by atoms with Crippen LogP contribution in [0.5, 0.6) is 0 Å². The Morgan fingerprint density at radius 2 is 1.90 bits per heavy atom. The molecule has 1 fully saturated rings. The standard InChI is InChI=1S/C21H18ClN3O4S/c22-19-9-6-16(13-18(19)20-3-1-2-10-23-20)24-21(26)15-4-7-17(8-5-15)25-11-12-29-14-30(25,27)28/h1-10,13H,11-12,14H2,(H,24,26). The maximum absolute atomic E-state index is 12.7. The van der Waals surface area contributed by atoms with Crippen LogP contribution >= 0.6 is 11.6 Å². The van der Waals surface area contributed by atoms with E-state index in [1.54, 1.807) is 48.7 Å². The van der Waals surface area contributed by atoms with E-state index in [-0.39, 0.29) is 18.4 Å². The van der Waals surface area contributed by atoms with Crippen molar-refractivity contribution in [1.82, 2.24) is 4.98 Å². The van der Waals surface area contributed by atoms with Gasteiger partial charge in [-0.25, -0.2) is 8.42 Å². The van der Waals surface area contributed by atoms with Crippen LogP contribution in [0.2, 0.25) is 5.02 Å². The van der Waals surface area contributed by atoms with Crippen LogP contribution in [0.1, 0.15) is 10.4 Å². The minimum Gasteiger partial charge on any atom is -0.362 e. The van der Waals surface area contributed by atoms with Crippen LogP contribution < -0.4 is 9.62 Å². The molecule has 1 aliphatic heterocycles. The first-order valence-corrected chi connectivity index (χ1v) is 11.1. The summed E-state index contributed by atoms with van der Waals surface area (Å²) in [6.45, 7) is 0.575. The number of anilines is 2. The summed E-state index contributed by atoms with van der Waals surface area (Å²) in [4.78, 5) is 16.9. The quantitative estimate of drug-likeness (QED) is 0.662. The maximum Gasteiger partial charge on any atom is 0.259 e. The van der Waals surface area contributed by atoms with Crippen molar-refractivity contribution >= 4 is 38.9 Å². The number of nitrogens with one attached hydrogen (secondary N) is 1. The van der Waals surface area contributed by atoms with Gasteiger partial charge in [-0.3, -0.25) is 14.1 Å². The van der Waals surface area contributed by atoms with Crippen molar-refractivity contribution in [2.75, 3.05) is 28.7 Å². The molecule has 30 heavy (non-hydrogen) atoms. The van der Waals surface area contributed by atoms with Crippen molar-refractivity contribution in [3.8, 4) is 11.3 Å². The molecule has 3 aromatic rings. The Bertz CT molecular complexity index is 1170. The number of carbonyl (C=O) groups is 1. The second kappa shape index (κ2) is 8.43. The van der Waals surface area contributed by atoms with E-state index in [0.29, 0.717) is 39.8 Å². The van der Waals surface area contributed by atoms with Gasteiger partial charge >= 0.3 is 0 Å². The van der Waals surface area contributed by atoms with Gasteiger partial charge in [-0.2, -0.15) is 0 Å². The molecule has 0 spiro atoms. The maximum atomic E-state index is 12.7. The highest BCUT2D eigenvalue weighted by Crippen LogP contribution is 2.29. The number of ether oxygens (including phenoxy) is 1. The summed E-state index contributed by atoms with van der Waals surface area (Å²) in [7, 11) is -3.50. The van der Waals surface area contributed by atoms with E-state index in [4.69, 9.17) is 16.3 Å². The highest BCUT2D eigenvalue weighted by atomic mass is 35.5. The Kier molecular flexibility index (Phi) is 5.72. The third-order valence-electron chi connectivity index (χ3n) is 4.59. The minimum atomic E-state index is -3.50. The van der Waals surface area contributed by atoms with Crippen molar-refractivity contribution in [3.05, 3.63) is 77.4 Å². The molecule has 7 nitrogen and oxygen atoms in total. The van der Waals surface area contributed by atoms with Gasteiger partial charge in [0, 0.05) is 23.0 Å². The van der Waals surface area contributed by atoms with Crippen molar-refractivity contribution < 1.29 is 17.9 Å². The number of carbonyl (C=O) groups excluding carboxylic acids is 1. The highest BCUT2D eigenvalue weighted by molar-refractivity contribution is 7.92. The predicted octanol–water partition coefficient (Wildman–Crippen LogP) is 3.78. The fraction of sp³-hybridized carbons (Fsp3) is 0.143. The Labute approximate surface area is 179 Å². The van der Waals surface area contributed by atoms with Crippen molar-refractivity contribution in [2.45, 2.75) is 0 Å². The minimum absolute atomic E-state index is 0.245. The number of pyridine rings is 1.